The van der Waals surface area contributed by atoms with E-state index in [-0.39, 0.29) is 5.91 Å². The van der Waals surface area contributed by atoms with Gasteiger partial charge in [-0.2, -0.15) is 5.26 Å². The minimum Gasteiger partial charge on any atom is -0.369 e. The van der Waals surface area contributed by atoms with E-state index < -0.39 is 0 Å². The Balaban J connectivity index is 1.58. The maximum atomic E-state index is 12.4. The van der Waals surface area contributed by atoms with Gasteiger partial charge >= 0.3 is 0 Å². The van der Waals surface area contributed by atoms with Crippen LogP contribution in [0.5, 0.6) is 0 Å². The van der Waals surface area contributed by atoms with Crippen molar-refractivity contribution in [2.24, 2.45) is 0 Å². The zero-order valence-electron chi connectivity index (χ0n) is 14.8. The number of nitrogens with one attached hydrogen (secondary N) is 1. The Kier molecular flexibility index (Phi) is 6.57. The summed E-state index contributed by atoms with van der Waals surface area (Å²) in [6.45, 7) is 3.51. The van der Waals surface area contributed by atoms with Crippen LogP contribution in [0.25, 0.3) is 0 Å². The maximum Gasteiger partial charge on any atom is 0.238 e. The quantitative estimate of drug-likeness (QED) is 0.838. The molecular weight excluding hydrogens is 383 g/mol. The van der Waals surface area contributed by atoms with Crippen molar-refractivity contribution in [1.82, 2.24) is 4.90 Å². The summed E-state index contributed by atoms with van der Waals surface area (Å²) >= 11 is 12.0. The summed E-state index contributed by atoms with van der Waals surface area (Å²) in [4.78, 5) is 16.7. The van der Waals surface area contributed by atoms with E-state index in [9.17, 15) is 10.1 Å². The van der Waals surface area contributed by atoms with Gasteiger partial charge < -0.3 is 10.2 Å². The van der Waals surface area contributed by atoms with Gasteiger partial charge in [0, 0.05) is 31.2 Å². The second-order valence-electron chi connectivity index (χ2n) is 6.42. The molecule has 1 heterocycles. The van der Waals surface area contributed by atoms with Gasteiger partial charge in [0.25, 0.3) is 0 Å². The van der Waals surface area contributed by atoms with Crippen LogP contribution in [-0.2, 0) is 4.79 Å². The number of benzene rings is 2. The number of halogens is 2. The molecule has 7 heteroatoms. The number of carbonyl (C=O) groups excluding carboxylic acids is 1. The highest BCUT2D eigenvalue weighted by atomic mass is 35.5. The molecule has 0 atom stereocenters. The number of rotatable bonds is 4. The highest BCUT2D eigenvalue weighted by molar-refractivity contribution is 6.36. The SMILES string of the molecule is N#Cc1ccccc1N1CCCN(CC(=O)Nc2ccc(Cl)cc2Cl)CC1. The van der Waals surface area contributed by atoms with Crippen LogP contribution in [0, 0.1) is 11.3 Å². The van der Waals surface area contributed by atoms with Gasteiger partial charge in [-0.15, -0.1) is 0 Å². The number of nitriles is 1. The lowest BCUT2D eigenvalue weighted by atomic mass is 10.1. The van der Waals surface area contributed by atoms with Gasteiger partial charge in [0.15, 0.2) is 0 Å². The molecule has 0 aliphatic carbocycles. The predicted octanol–water partition coefficient (Wildman–Crippen LogP) is 4.02. The van der Waals surface area contributed by atoms with Crippen molar-refractivity contribution in [3.8, 4) is 6.07 Å². The summed E-state index contributed by atoms with van der Waals surface area (Å²) in [7, 11) is 0. The molecule has 0 aromatic heterocycles. The van der Waals surface area contributed by atoms with Crippen molar-refractivity contribution in [2.45, 2.75) is 6.42 Å². The molecule has 1 N–H and O–H groups in total. The van der Waals surface area contributed by atoms with Crippen molar-refractivity contribution in [3.63, 3.8) is 0 Å². The minimum absolute atomic E-state index is 0.106. The molecule has 0 unspecified atom stereocenters. The number of nitrogens with zero attached hydrogens (tertiary/aromatic N) is 3. The lowest BCUT2D eigenvalue weighted by Crippen LogP contribution is -2.36. The molecule has 0 radical (unpaired) electrons. The summed E-state index contributed by atoms with van der Waals surface area (Å²) in [5.41, 5.74) is 2.20. The molecule has 140 valence electrons. The summed E-state index contributed by atoms with van der Waals surface area (Å²) < 4.78 is 0. The molecule has 3 rings (SSSR count). The Hall–Kier alpha value is -2.26. The topological polar surface area (TPSA) is 59.4 Å². The number of hydrogen-bond acceptors (Lipinski definition) is 4. The van der Waals surface area contributed by atoms with Crippen LogP contribution in [0.1, 0.15) is 12.0 Å². The third-order valence-electron chi connectivity index (χ3n) is 4.53. The first-order chi connectivity index (χ1) is 13.1. The van der Waals surface area contributed by atoms with Crippen molar-refractivity contribution < 1.29 is 4.79 Å². The number of para-hydroxylation sites is 1. The van der Waals surface area contributed by atoms with E-state index >= 15 is 0 Å². The molecule has 1 amide bonds. The van der Waals surface area contributed by atoms with Crippen molar-refractivity contribution >= 4 is 40.5 Å². The molecular formula is C20H20Cl2N4O. The minimum atomic E-state index is -0.106. The fourth-order valence-electron chi connectivity index (χ4n) is 3.20. The number of amides is 1. The molecule has 27 heavy (non-hydrogen) atoms. The first-order valence-electron chi connectivity index (χ1n) is 8.78. The van der Waals surface area contributed by atoms with Crippen LogP contribution in [-0.4, -0.2) is 43.5 Å². The Morgan fingerprint density at radius 1 is 1.11 bits per heavy atom. The Bertz CT molecular complexity index is 865. The van der Waals surface area contributed by atoms with E-state index in [0.717, 1.165) is 38.3 Å². The van der Waals surface area contributed by atoms with Crippen LogP contribution in [0.4, 0.5) is 11.4 Å². The largest absolute Gasteiger partial charge is 0.369 e. The van der Waals surface area contributed by atoms with Crippen LogP contribution < -0.4 is 10.2 Å². The lowest BCUT2D eigenvalue weighted by molar-refractivity contribution is -0.117. The molecule has 2 aromatic rings. The fourth-order valence-corrected chi connectivity index (χ4v) is 3.65. The average Bonchev–Trinajstić information content (AvgIpc) is 2.89. The zero-order chi connectivity index (χ0) is 19.2. The van der Waals surface area contributed by atoms with E-state index in [1.54, 1.807) is 18.2 Å². The van der Waals surface area contributed by atoms with Gasteiger partial charge in [0.05, 0.1) is 28.5 Å². The Labute approximate surface area is 169 Å². The fraction of sp³-hybridized carbons (Fsp3) is 0.300. The van der Waals surface area contributed by atoms with E-state index in [4.69, 9.17) is 23.2 Å². The summed E-state index contributed by atoms with van der Waals surface area (Å²) in [6, 6.07) is 14.9. The standard InChI is InChI=1S/C20H20Cl2N4O/c21-16-6-7-18(17(22)12-16)24-20(27)14-25-8-3-9-26(11-10-25)19-5-2-1-4-15(19)13-23/h1-2,4-7,12H,3,8-11,14H2,(H,24,27). The molecule has 1 saturated heterocycles. The normalized spacial score (nSPS) is 15.1. The molecule has 5 nitrogen and oxygen atoms in total. The number of carbonyl (C=O) groups is 1. The van der Waals surface area contributed by atoms with Gasteiger partial charge in [-0.05, 0) is 36.8 Å². The second kappa shape index (κ2) is 9.09. The average molecular weight is 403 g/mol. The zero-order valence-corrected chi connectivity index (χ0v) is 16.3. The van der Waals surface area contributed by atoms with E-state index in [2.05, 4.69) is 21.2 Å². The maximum absolute atomic E-state index is 12.4. The van der Waals surface area contributed by atoms with Crippen molar-refractivity contribution in [3.05, 3.63) is 58.1 Å². The molecule has 1 aliphatic heterocycles. The van der Waals surface area contributed by atoms with E-state index in [0.29, 0.717) is 27.8 Å². The smallest absolute Gasteiger partial charge is 0.238 e. The molecule has 1 fully saturated rings. The van der Waals surface area contributed by atoms with Gasteiger partial charge in [-0.25, -0.2) is 0 Å². The Morgan fingerprint density at radius 2 is 1.93 bits per heavy atom. The lowest BCUT2D eigenvalue weighted by Gasteiger charge is -2.24. The summed E-state index contributed by atoms with van der Waals surface area (Å²) in [6.07, 6.45) is 0.925. The first kappa shape index (κ1) is 19.5. The van der Waals surface area contributed by atoms with Crippen LogP contribution >= 0.6 is 23.2 Å². The highest BCUT2D eigenvalue weighted by Crippen LogP contribution is 2.25. The Morgan fingerprint density at radius 3 is 2.70 bits per heavy atom. The van der Waals surface area contributed by atoms with E-state index in [1.165, 1.54) is 0 Å². The molecule has 0 saturated carbocycles. The molecule has 2 aromatic carbocycles. The second-order valence-corrected chi connectivity index (χ2v) is 7.26. The molecule has 0 bridgehead atoms. The van der Waals surface area contributed by atoms with Crippen LogP contribution in [0.15, 0.2) is 42.5 Å². The number of anilines is 2. The van der Waals surface area contributed by atoms with Gasteiger partial charge in [0.1, 0.15) is 6.07 Å². The number of hydrogen-bond donors (Lipinski definition) is 1. The predicted molar refractivity (Wildman–Crippen MR) is 110 cm³/mol. The van der Waals surface area contributed by atoms with E-state index in [1.807, 2.05) is 24.3 Å². The van der Waals surface area contributed by atoms with Crippen LogP contribution in [0.3, 0.4) is 0 Å². The van der Waals surface area contributed by atoms with Crippen LogP contribution in [0.2, 0.25) is 10.0 Å². The van der Waals surface area contributed by atoms with Gasteiger partial charge in [-0.3, -0.25) is 9.69 Å². The summed E-state index contributed by atoms with van der Waals surface area (Å²) in [5, 5.41) is 13.1. The molecule has 0 spiro atoms. The van der Waals surface area contributed by atoms with Crippen molar-refractivity contribution in [2.75, 3.05) is 42.9 Å². The highest BCUT2D eigenvalue weighted by Gasteiger charge is 2.19. The summed E-state index contributed by atoms with van der Waals surface area (Å²) in [5.74, 6) is -0.106. The van der Waals surface area contributed by atoms with Gasteiger partial charge in [-0.1, -0.05) is 35.3 Å². The third-order valence-corrected chi connectivity index (χ3v) is 5.07. The van der Waals surface area contributed by atoms with Gasteiger partial charge in [0.2, 0.25) is 5.91 Å². The van der Waals surface area contributed by atoms with Crippen molar-refractivity contribution in [1.29, 1.82) is 5.26 Å². The first-order valence-corrected chi connectivity index (χ1v) is 9.54. The third kappa shape index (κ3) is 5.14. The monoisotopic (exact) mass is 402 g/mol. The molecule has 1 aliphatic rings.